The van der Waals surface area contributed by atoms with Gasteiger partial charge in [0.1, 0.15) is 5.75 Å². The Hall–Kier alpha value is -1.06. The van der Waals surface area contributed by atoms with Crippen LogP contribution in [0, 0.1) is 6.92 Å². The van der Waals surface area contributed by atoms with Gasteiger partial charge in [-0.25, -0.2) is 0 Å². The van der Waals surface area contributed by atoms with Crippen molar-refractivity contribution in [3.8, 4) is 5.75 Å². The fourth-order valence-electron chi connectivity index (χ4n) is 2.27. The lowest BCUT2D eigenvalue weighted by Gasteiger charge is -2.33. The highest BCUT2D eigenvalue weighted by Gasteiger charge is 2.34. The van der Waals surface area contributed by atoms with Gasteiger partial charge >= 0.3 is 0 Å². The Kier molecular flexibility index (Phi) is 3.69. The maximum Gasteiger partial charge on any atom is 0.125 e. The van der Waals surface area contributed by atoms with Crippen LogP contribution < -0.4 is 4.74 Å². The summed E-state index contributed by atoms with van der Waals surface area (Å²) in [6.07, 6.45) is 1.27. The highest BCUT2D eigenvalue weighted by Crippen LogP contribution is 2.38. The van der Waals surface area contributed by atoms with Crippen molar-refractivity contribution in [1.82, 2.24) is 0 Å². The van der Waals surface area contributed by atoms with Crippen molar-refractivity contribution in [2.24, 2.45) is 0 Å². The van der Waals surface area contributed by atoms with Gasteiger partial charge in [0.15, 0.2) is 0 Å². The van der Waals surface area contributed by atoms with E-state index < -0.39 is 5.60 Å². The normalized spacial score (nSPS) is 19.0. The van der Waals surface area contributed by atoms with Crippen LogP contribution in [0.4, 0.5) is 0 Å². The highest BCUT2D eigenvalue weighted by molar-refractivity contribution is 5.41. The van der Waals surface area contributed by atoms with E-state index in [-0.39, 0.29) is 0 Å². The van der Waals surface area contributed by atoms with Crippen molar-refractivity contribution in [3.63, 3.8) is 0 Å². The minimum absolute atomic E-state index is 0.607. The number of aliphatic hydroxyl groups is 1. The van der Waals surface area contributed by atoms with Crippen molar-refractivity contribution in [2.45, 2.75) is 32.3 Å². The summed E-state index contributed by atoms with van der Waals surface area (Å²) in [7, 11) is 0. The molecule has 0 spiro atoms. The average Bonchev–Trinajstić information content (AvgIpc) is 2.33. The predicted molar refractivity (Wildman–Crippen MR) is 66.3 cm³/mol. The first-order valence-corrected chi connectivity index (χ1v) is 6.20. The molecular formula is C14H20O3. The Morgan fingerprint density at radius 2 is 2.06 bits per heavy atom. The fourth-order valence-corrected chi connectivity index (χ4v) is 2.27. The summed E-state index contributed by atoms with van der Waals surface area (Å²) < 4.78 is 10.9. The topological polar surface area (TPSA) is 38.7 Å². The van der Waals surface area contributed by atoms with E-state index in [0.29, 0.717) is 32.7 Å². The second kappa shape index (κ2) is 5.07. The van der Waals surface area contributed by atoms with Crippen LogP contribution in [-0.2, 0) is 10.3 Å². The third-order valence-electron chi connectivity index (χ3n) is 3.26. The minimum atomic E-state index is -0.797. The molecule has 0 amide bonds. The lowest BCUT2D eigenvalue weighted by atomic mass is 9.85. The van der Waals surface area contributed by atoms with Gasteiger partial charge in [-0.05, 0) is 26.0 Å². The summed E-state index contributed by atoms with van der Waals surface area (Å²) in [4.78, 5) is 0. The Morgan fingerprint density at radius 3 is 2.71 bits per heavy atom. The van der Waals surface area contributed by atoms with E-state index in [1.807, 2.05) is 32.0 Å². The summed E-state index contributed by atoms with van der Waals surface area (Å²) in [6, 6.07) is 5.98. The van der Waals surface area contributed by atoms with Gasteiger partial charge in [0, 0.05) is 31.6 Å². The fraction of sp³-hybridized carbons (Fsp3) is 0.571. The molecule has 0 aliphatic carbocycles. The van der Waals surface area contributed by atoms with Gasteiger partial charge in [-0.1, -0.05) is 11.6 Å². The van der Waals surface area contributed by atoms with Crippen LogP contribution in [0.2, 0.25) is 0 Å². The Morgan fingerprint density at radius 1 is 1.35 bits per heavy atom. The monoisotopic (exact) mass is 236 g/mol. The van der Waals surface area contributed by atoms with E-state index in [9.17, 15) is 5.11 Å². The van der Waals surface area contributed by atoms with Crippen LogP contribution in [0.1, 0.15) is 30.9 Å². The lowest BCUT2D eigenvalue weighted by molar-refractivity contribution is -0.0691. The predicted octanol–water partition coefficient (Wildman–Crippen LogP) is 2.39. The van der Waals surface area contributed by atoms with Crippen LogP contribution in [0.25, 0.3) is 0 Å². The molecule has 0 radical (unpaired) electrons. The van der Waals surface area contributed by atoms with Crippen LogP contribution >= 0.6 is 0 Å². The van der Waals surface area contributed by atoms with E-state index >= 15 is 0 Å². The third-order valence-corrected chi connectivity index (χ3v) is 3.26. The molecule has 0 bridgehead atoms. The molecule has 1 fully saturated rings. The standard InChI is InChI=1S/C14H20O3/c1-3-17-13-5-4-11(2)10-12(13)14(15)6-8-16-9-7-14/h4-5,10,15H,3,6-9H2,1-2H3. The maximum absolute atomic E-state index is 10.7. The van der Waals surface area contributed by atoms with Gasteiger partial charge in [0.2, 0.25) is 0 Å². The Bertz CT molecular complexity index is 381. The third kappa shape index (κ3) is 2.61. The molecule has 1 N–H and O–H groups in total. The zero-order valence-electron chi connectivity index (χ0n) is 10.5. The molecule has 0 atom stereocenters. The van der Waals surface area contributed by atoms with E-state index in [0.717, 1.165) is 16.9 Å². The second-order valence-electron chi connectivity index (χ2n) is 4.58. The lowest BCUT2D eigenvalue weighted by Crippen LogP contribution is -2.34. The number of ether oxygens (including phenoxy) is 2. The molecule has 3 heteroatoms. The summed E-state index contributed by atoms with van der Waals surface area (Å²) in [6.45, 7) is 5.81. The maximum atomic E-state index is 10.7. The Balaban J connectivity index is 2.37. The Labute approximate surface area is 102 Å². The first-order chi connectivity index (χ1) is 8.15. The number of rotatable bonds is 3. The molecule has 1 aliphatic rings. The first-order valence-electron chi connectivity index (χ1n) is 6.20. The van der Waals surface area contributed by atoms with Gasteiger partial charge in [-0.2, -0.15) is 0 Å². The van der Waals surface area contributed by atoms with Gasteiger partial charge < -0.3 is 14.6 Å². The van der Waals surface area contributed by atoms with E-state index in [1.165, 1.54) is 0 Å². The molecule has 1 heterocycles. The molecule has 2 rings (SSSR count). The molecule has 17 heavy (non-hydrogen) atoms. The molecule has 3 nitrogen and oxygen atoms in total. The SMILES string of the molecule is CCOc1ccc(C)cc1C1(O)CCOCC1. The van der Waals surface area contributed by atoms with Crippen molar-refractivity contribution in [1.29, 1.82) is 0 Å². The first kappa shape index (κ1) is 12.4. The average molecular weight is 236 g/mol. The van der Waals surface area contributed by atoms with E-state index in [1.54, 1.807) is 0 Å². The van der Waals surface area contributed by atoms with Crippen LogP contribution in [0.3, 0.4) is 0 Å². The summed E-state index contributed by atoms with van der Waals surface area (Å²) >= 11 is 0. The van der Waals surface area contributed by atoms with Gasteiger partial charge in [0.05, 0.1) is 12.2 Å². The quantitative estimate of drug-likeness (QED) is 0.875. The number of benzene rings is 1. The highest BCUT2D eigenvalue weighted by atomic mass is 16.5. The molecular weight excluding hydrogens is 216 g/mol. The molecule has 94 valence electrons. The minimum Gasteiger partial charge on any atom is -0.493 e. The smallest absolute Gasteiger partial charge is 0.125 e. The summed E-state index contributed by atoms with van der Waals surface area (Å²) in [5.74, 6) is 0.794. The van der Waals surface area contributed by atoms with Gasteiger partial charge in [-0.3, -0.25) is 0 Å². The molecule has 1 saturated heterocycles. The molecule has 1 aromatic carbocycles. The van der Waals surface area contributed by atoms with Crippen molar-refractivity contribution in [2.75, 3.05) is 19.8 Å². The molecule has 0 aromatic heterocycles. The number of hydrogen-bond donors (Lipinski definition) is 1. The van der Waals surface area contributed by atoms with Gasteiger partial charge in [-0.15, -0.1) is 0 Å². The molecule has 1 aromatic rings. The van der Waals surface area contributed by atoms with E-state index in [4.69, 9.17) is 9.47 Å². The van der Waals surface area contributed by atoms with E-state index in [2.05, 4.69) is 0 Å². The largest absolute Gasteiger partial charge is 0.493 e. The van der Waals surface area contributed by atoms with Crippen molar-refractivity contribution < 1.29 is 14.6 Å². The summed E-state index contributed by atoms with van der Waals surface area (Å²) in [5, 5.41) is 10.7. The van der Waals surface area contributed by atoms with Crippen LogP contribution in [0.15, 0.2) is 18.2 Å². The van der Waals surface area contributed by atoms with Crippen LogP contribution in [0.5, 0.6) is 5.75 Å². The summed E-state index contributed by atoms with van der Waals surface area (Å²) in [5.41, 5.74) is 1.25. The number of hydrogen-bond acceptors (Lipinski definition) is 3. The zero-order chi connectivity index (χ0) is 12.3. The molecule has 0 unspecified atom stereocenters. The molecule has 1 aliphatic heterocycles. The van der Waals surface area contributed by atoms with Crippen LogP contribution in [-0.4, -0.2) is 24.9 Å². The van der Waals surface area contributed by atoms with Crippen molar-refractivity contribution >= 4 is 0 Å². The van der Waals surface area contributed by atoms with Crippen molar-refractivity contribution in [3.05, 3.63) is 29.3 Å². The number of aryl methyl sites for hydroxylation is 1. The molecule has 0 saturated carbocycles. The zero-order valence-corrected chi connectivity index (χ0v) is 10.5. The second-order valence-corrected chi connectivity index (χ2v) is 4.58. The van der Waals surface area contributed by atoms with Gasteiger partial charge in [0.25, 0.3) is 0 Å².